The molecular formula is C14H21FN2O2. The summed E-state index contributed by atoms with van der Waals surface area (Å²) < 4.78 is 12.9. The van der Waals surface area contributed by atoms with Crippen LogP contribution in [0.15, 0.2) is 24.3 Å². The summed E-state index contributed by atoms with van der Waals surface area (Å²) in [5.41, 5.74) is 0.907. The van der Waals surface area contributed by atoms with Crippen molar-refractivity contribution >= 4 is 11.7 Å². The Bertz CT molecular complexity index is 395. The van der Waals surface area contributed by atoms with Crippen molar-refractivity contribution in [2.75, 3.05) is 24.5 Å². The lowest BCUT2D eigenvalue weighted by Gasteiger charge is -2.25. The van der Waals surface area contributed by atoms with E-state index in [0.29, 0.717) is 19.5 Å². The molecule has 1 rings (SSSR count). The first-order valence-electron chi connectivity index (χ1n) is 6.55. The van der Waals surface area contributed by atoms with Crippen LogP contribution >= 0.6 is 0 Å². The molecule has 0 heterocycles. The highest BCUT2D eigenvalue weighted by atomic mass is 19.1. The minimum atomic E-state index is -0.836. The van der Waals surface area contributed by atoms with Gasteiger partial charge in [-0.15, -0.1) is 0 Å². The van der Waals surface area contributed by atoms with E-state index >= 15 is 0 Å². The van der Waals surface area contributed by atoms with Crippen molar-refractivity contribution in [3.8, 4) is 0 Å². The maximum atomic E-state index is 12.9. The second-order valence-corrected chi connectivity index (χ2v) is 4.29. The Morgan fingerprint density at radius 3 is 2.47 bits per heavy atom. The molecule has 0 aromatic heterocycles. The molecule has 0 fully saturated rings. The van der Waals surface area contributed by atoms with Crippen molar-refractivity contribution in [1.82, 2.24) is 5.32 Å². The first-order chi connectivity index (χ1) is 9.08. The number of hydrogen-bond donors (Lipinski definition) is 2. The molecule has 0 saturated heterocycles. The van der Waals surface area contributed by atoms with Gasteiger partial charge in [0, 0.05) is 18.8 Å². The third kappa shape index (κ3) is 4.87. The summed E-state index contributed by atoms with van der Waals surface area (Å²) in [6.07, 6.45) is 0.508. The van der Waals surface area contributed by atoms with Crippen molar-refractivity contribution in [2.24, 2.45) is 0 Å². The molecule has 1 atom stereocenters. The zero-order valence-corrected chi connectivity index (χ0v) is 11.4. The van der Waals surface area contributed by atoms with E-state index in [4.69, 9.17) is 5.11 Å². The maximum Gasteiger partial charge on any atom is 0.320 e. The number of anilines is 1. The van der Waals surface area contributed by atoms with Crippen molar-refractivity contribution < 1.29 is 14.3 Å². The molecule has 0 spiro atoms. The minimum absolute atomic E-state index is 0.268. The fraction of sp³-hybridized carbons (Fsp3) is 0.500. The van der Waals surface area contributed by atoms with E-state index in [1.165, 1.54) is 12.1 Å². The van der Waals surface area contributed by atoms with Crippen LogP contribution in [0.4, 0.5) is 10.1 Å². The molecule has 0 aliphatic carbocycles. The summed E-state index contributed by atoms with van der Waals surface area (Å²) in [6, 6.07) is 5.71. The van der Waals surface area contributed by atoms with Gasteiger partial charge >= 0.3 is 5.97 Å². The highest BCUT2D eigenvalue weighted by Gasteiger charge is 2.17. The fourth-order valence-electron chi connectivity index (χ4n) is 1.97. The van der Waals surface area contributed by atoms with Gasteiger partial charge in [-0.1, -0.05) is 6.92 Å². The molecule has 106 valence electrons. The standard InChI is InChI=1S/C14H21FN2O2/c1-3-16-13(14(18)19)9-10-17(4-2)12-7-5-11(15)6-8-12/h5-8,13,16H,3-4,9-10H2,1-2H3,(H,18,19). The van der Waals surface area contributed by atoms with Gasteiger partial charge in [0.1, 0.15) is 11.9 Å². The highest BCUT2D eigenvalue weighted by molar-refractivity contribution is 5.73. The van der Waals surface area contributed by atoms with E-state index in [0.717, 1.165) is 12.2 Å². The lowest BCUT2D eigenvalue weighted by molar-refractivity contribution is -0.139. The normalized spacial score (nSPS) is 12.2. The average Bonchev–Trinajstić information content (AvgIpc) is 2.39. The van der Waals surface area contributed by atoms with Crippen LogP contribution in [0, 0.1) is 5.82 Å². The van der Waals surface area contributed by atoms with Crippen molar-refractivity contribution in [3.05, 3.63) is 30.1 Å². The van der Waals surface area contributed by atoms with Gasteiger partial charge in [0.25, 0.3) is 0 Å². The van der Waals surface area contributed by atoms with Gasteiger partial charge in [-0.25, -0.2) is 4.39 Å². The molecule has 1 aromatic carbocycles. The predicted octanol–water partition coefficient (Wildman–Crippen LogP) is 2.10. The Morgan fingerprint density at radius 2 is 2.00 bits per heavy atom. The number of rotatable bonds is 8. The molecular weight excluding hydrogens is 247 g/mol. The number of nitrogens with one attached hydrogen (secondary N) is 1. The number of carbonyl (C=O) groups is 1. The number of benzene rings is 1. The van der Waals surface area contributed by atoms with Crippen LogP contribution in [0.2, 0.25) is 0 Å². The van der Waals surface area contributed by atoms with Crippen LogP contribution in [0.25, 0.3) is 0 Å². The molecule has 1 aromatic rings. The topological polar surface area (TPSA) is 52.6 Å². The molecule has 0 bridgehead atoms. The molecule has 2 N–H and O–H groups in total. The van der Waals surface area contributed by atoms with Crippen LogP contribution in [0.5, 0.6) is 0 Å². The molecule has 5 heteroatoms. The highest BCUT2D eigenvalue weighted by Crippen LogP contribution is 2.15. The second kappa shape index (κ2) is 7.74. The molecule has 19 heavy (non-hydrogen) atoms. The number of carboxylic acids is 1. The summed E-state index contributed by atoms with van der Waals surface area (Å²) in [7, 11) is 0. The summed E-state index contributed by atoms with van der Waals surface area (Å²) in [4.78, 5) is 13.1. The molecule has 0 radical (unpaired) electrons. The van der Waals surface area contributed by atoms with Gasteiger partial charge in [-0.2, -0.15) is 0 Å². The molecule has 0 aliphatic heterocycles. The lowest BCUT2D eigenvalue weighted by atomic mass is 10.2. The van der Waals surface area contributed by atoms with Crippen molar-refractivity contribution in [3.63, 3.8) is 0 Å². The average molecular weight is 268 g/mol. The Balaban J connectivity index is 2.61. The van der Waals surface area contributed by atoms with E-state index in [9.17, 15) is 9.18 Å². The number of hydrogen-bond acceptors (Lipinski definition) is 3. The number of aliphatic carboxylic acids is 1. The Labute approximate surface area is 113 Å². The monoisotopic (exact) mass is 268 g/mol. The number of nitrogens with zero attached hydrogens (tertiary/aromatic N) is 1. The summed E-state index contributed by atoms with van der Waals surface area (Å²) >= 11 is 0. The fourth-order valence-corrected chi connectivity index (χ4v) is 1.97. The van der Waals surface area contributed by atoms with Crippen LogP contribution in [-0.4, -0.2) is 36.8 Å². The van der Waals surface area contributed by atoms with Crippen molar-refractivity contribution in [1.29, 1.82) is 0 Å². The van der Waals surface area contributed by atoms with Gasteiger partial charge in [0.15, 0.2) is 0 Å². The maximum absolute atomic E-state index is 12.9. The molecule has 0 saturated carbocycles. The SMILES string of the molecule is CCNC(CCN(CC)c1ccc(F)cc1)C(=O)O. The van der Waals surface area contributed by atoms with Crippen LogP contribution < -0.4 is 10.2 Å². The molecule has 0 aliphatic rings. The first-order valence-corrected chi connectivity index (χ1v) is 6.55. The van der Waals surface area contributed by atoms with E-state index in [-0.39, 0.29) is 5.82 Å². The summed E-state index contributed by atoms with van der Waals surface area (Å²) in [6.45, 7) is 5.87. The van der Waals surface area contributed by atoms with E-state index < -0.39 is 12.0 Å². The smallest absolute Gasteiger partial charge is 0.320 e. The molecule has 4 nitrogen and oxygen atoms in total. The van der Waals surface area contributed by atoms with Gasteiger partial charge in [-0.3, -0.25) is 4.79 Å². The Morgan fingerprint density at radius 1 is 1.37 bits per heavy atom. The van der Waals surface area contributed by atoms with Gasteiger partial charge in [0.2, 0.25) is 0 Å². The van der Waals surface area contributed by atoms with E-state index in [2.05, 4.69) is 5.32 Å². The van der Waals surface area contributed by atoms with Crippen LogP contribution in [0.3, 0.4) is 0 Å². The predicted molar refractivity (Wildman–Crippen MR) is 74.0 cm³/mol. The first kappa shape index (κ1) is 15.4. The summed E-state index contributed by atoms with van der Waals surface area (Å²) in [5, 5.41) is 12.0. The number of carboxylic acid groups (broad SMARTS) is 1. The number of likely N-dealkylation sites (N-methyl/N-ethyl adjacent to an activating group) is 1. The van der Waals surface area contributed by atoms with E-state index in [1.807, 2.05) is 18.7 Å². The van der Waals surface area contributed by atoms with Gasteiger partial charge < -0.3 is 15.3 Å². The van der Waals surface area contributed by atoms with E-state index in [1.54, 1.807) is 12.1 Å². The zero-order chi connectivity index (χ0) is 14.3. The second-order valence-electron chi connectivity index (χ2n) is 4.29. The third-order valence-electron chi connectivity index (χ3n) is 3.01. The van der Waals surface area contributed by atoms with Gasteiger partial charge in [-0.05, 0) is 44.2 Å². The Kier molecular flexibility index (Phi) is 6.29. The van der Waals surface area contributed by atoms with Gasteiger partial charge in [0.05, 0.1) is 0 Å². The quantitative estimate of drug-likeness (QED) is 0.758. The Hall–Kier alpha value is -1.62. The van der Waals surface area contributed by atoms with Crippen LogP contribution in [0.1, 0.15) is 20.3 Å². The summed E-state index contributed by atoms with van der Waals surface area (Å²) in [5.74, 6) is -1.10. The zero-order valence-electron chi connectivity index (χ0n) is 11.4. The molecule has 1 unspecified atom stereocenters. The molecule has 0 amide bonds. The van der Waals surface area contributed by atoms with Crippen molar-refractivity contribution in [2.45, 2.75) is 26.3 Å². The minimum Gasteiger partial charge on any atom is -0.480 e. The van der Waals surface area contributed by atoms with Crippen LogP contribution in [-0.2, 0) is 4.79 Å². The number of halogens is 1. The lowest BCUT2D eigenvalue weighted by Crippen LogP contribution is -2.39. The largest absolute Gasteiger partial charge is 0.480 e. The third-order valence-corrected chi connectivity index (χ3v) is 3.01.